The van der Waals surface area contributed by atoms with Gasteiger partial charge in [0.05, 0.1) is 17.9 Å². The molecular formula is C14H16N2O4. The van der Waals surface area contributed by atoms with Crippen LogP contribution in [0.2, 0.25) is 0 Å². The Morgan fingerprint density at radius 1 is 1.30 bits per heavy atom. The van der Waals surface area contributed by atoms with E-state index in [1.807, 2.05) is 13.8 Å². The molecule has 6 nitrogen and oxygen atoms in total. The van der Waals surface area contributed by atoms with Crippen molar-refractivity contribution < 1.29 is 19.5 Å². The number of Topliss-reactive ketones (excluding diaryl/α,β-unsaturated/α-hetero) is 1. The van der Waals surface area contributed by atoms with Crippen molar-refractivity contribution in [2.45, 2.75) is 13.8 Å². The molecule has 2 N–H and O–H groups in total. The molecule has 1 aromatic carbocycles. The van der Waals surface area contributed by atoms with Gasteiger partial charge >= 0.3 is 0 Å². The Labute approximate surface area is 116 Å². The van der Waals surface area contributed by atoms with Gasteiger partial charge < -0.3 is 10.4 Å². The predicted molar refractivity (Wildman–Crippen MR) is 72.7 cm³/mol. The van der Waals surface area contributed by atoms with E-state index in [0.717, 1.165) is 11.1 Å². The maximum Gasteiger partial charge on any atom is 0.299 e. The SMILES string of the molecule is Cc1ccc2c(c1C)N(CC(=O)NCCO)C(=O)C2=O. The lowest BCUT2D eigenvalue weighted by Gasteiger charge is -2.18. The van der Waals surface area contributed by atoms with Crippen molar-refractivity contribution in [1.82, 2.24) is 5.32 Å². The maximum absolute atomic E-state index is 12.0. The second-order valence-electron chi connectivity index (χ2n) is 4.70. The molecule has 0 atom stereocenters. The van der Waals surface area contributed by atoms with Crippen LogP contribution < -0.4 is 10.2 Å². The Morgan fingerprint density at radius 3 is 2.65 bits per heavy atom. The van der Waals surface area contributed by atoms with Crippen LogP contribution in [0.1, 0.15) is 21.5 Å². The number of carbonyl (C=O) groups excluding carboxylic acids is 3. The molecule has 2 rings (SSSR count). The molecular weight excluding hydrogens is 260 g/mol. The van der Waals surface area contributed by atoms with Crippen molar-refractivity contribution >= 4 is 23.3 Å². The number of benzene rings is 1. The zero-order valence-corrected chi connectivity index (χ0v) is 11.4. The van der Waals surface area contributed by atoms with Crippen LogP contribution in [-0.4, -0.2) is 42.4 Å². The highest BCUT2D eigenvalue weighted by Crippen LogP contribution is 2.33. The van der Waals surface area contributed by atoms with Crippen LogP contribution in [0.25, 0.3) is 0 Å². The summed E-state index contributed by atoms with van der Waals surface area (Å²) in [5.74, 6) is -1.68. The lowest BCUT2D eigenvalue weighted by molar-refractivity contribution is -0.122. The summed E-state index contributed by atoms with van der Waals surface area (Å²) in [6, 6.07) is 3.40. The highest BCUT2D eigenvalue weighted by atomic mass is 16.3. The number of anilines is 1. The molecule has 106 valence electrons. The van der Waals surface area contributed by atoms with Gasteiger partial charge in [0.1, 0.15) is 6.54 Å². The monoisotopic (exact) mass is 276 g/mol. The van der Waals surface area contributed by atoms with Crippen LogP contribution in [0.3, 0.4) is 0 Å². The van der Waals surface area contributed by atoms with Gasteiger partial charge in [0.25, 0.3) is 11.7 Å². The number of hydrogen-bond acceptors (Lipinski definition) is 4. The average molecular weight is 276 g/mol. The fourth-order valence-electron chi connectivity index (χ4n) is 2.22. The van der Waals surface area contributed by atoms with Gasteiger partial charge in [0.15, 0.2) is 0 Å². The molecule has 1 aliphatic rings. The summed E-state index contributed by atoms with van der Waals surface area (Å²) in [4.78, 5) is 36.8. The summed E-state index contributed by atoms with van der Waals surface area (Å²) in [6.45, 7) is 3.43. The first-order valence-electron chi connectivity index (χ1n) is 6.31. The minimum Gasteiger partial charge on any atom is -0.395 e. The molecule has 0 aliphatic carbocycles. The van der Waals surface area contributed by atoms with E-state index in [1.165, 1.54) is 4.90 Å². The molecule has 20 heavy (non-hydrogen) atoms. The number of aliphatic hydroxyl groups is 1. The van der Waals surface area contributed by atoms with Gasteiger partial charge in [-0.15, -0.1) is 0 Å². The smallest absolute Gasteiger partial charge is 0.299 e. The van der Waals surface area contributed by atoms with Crippen LogP contribution >= 0.6 is 0 Å². The maximum atomic E-state index is 12.0. The van der Waals surface area contributed by atoms with Crippen molar-refractivity contribution in [1.29, 1.82) is 0 Å². The molecule has 0 bridgehead atoms. The topological polar surface area (TPSA) is 86.7 Å². The third-order valence-corrected chi connectivity index (χ3v) is 3.39. The number of nitrogens with one attached hydrogen (secondary N) is 1. The highest BCUT2D eigenvalue weighted by Gasteiger charge is 2.38. The zero-order chi connectivity index (χ0) is 14.9. The van der Waals surface area contributed by atoms with Crippen molar-refractivity contribution in [2.24, 2.45) is 0 Å². The van der Waals surface area contributed by atoms with E-state index in [2.05, 4.69) is 5.32 Å². The van der Waals surface area contributed by atoms with Crippen LogP contribution in [0, 0.1) is 13.8 Å². The summed E-state index contributed by atoms with van der Waals surface area (Å²) in [5.41, 5.74) is 2.62. The van der Waals surface area contributed by atoms with Crippen LogP contribution in [0.15, 0.2) is 12.1 Å². The molecule has 0 spiro atoms. The number of hydrogen-bond donors (Lipinski definition) is 2. The number of amides is 2. The van der Waals surface area contributed by atoms with E-state index in [1.54, 1.807) is 12.1 Å². The van der Waals surface area contributed by atoms with E-state index < -0.39 is 17.6 Å². The second-order valence-corrected chi connectivity index (χ2v) is 4.70. The Bertz CT molecular complexity index is 595. The van der Waals surface area contributed by atoms with Gasteiger partial charge in [-0.05, 0) is 31.0 Å². The number of aliphatic hydroxyl groups excluding tert-OH is 1. The van der Waals surface area contributed by atoms with Gasteiger partial charge in [0.2, 0.25) is 5.91 Å². The van der Waals surface area contributed by atoms with E-state index >= 15 is 0 Å². The van der Waals surface area contributed by atoms with Crippen LogP contribution in [0.5, 0.6) is 0 Å². The van der Waals surface area contributed by atoms with Crippen LogP contribution in [0.4, 0.5) is 5.69 Å². The molecule has 1 heterocycles. The third-order valence-electron chi connectivity index (χ3n) is 3.39. The fourth-order valence-corrected chi connectivity index (χ4v) is 2.22. The molecule has 0 saturated carbocycles. The lowest BCUT2D eigenvalue weighted by atomic mass is 10.0. The predicted octanol–water partition coefficient (Wildman–Crippen LogP) is -0.0588. The van der Waals surface area contributed by atoms with E-state index in [-0.39, 0.29) is 19.7 Å². The largest absolute Gasteiger partial charge is 0.395 e. The quantitative estimate of drug-likeness (QED) is 0.754. The number of fused-ring (bicyclic) bond motifs is 1. The van der Waals surface area contributed by atoms with E-state index in [0.29, 0.717) is 11.3 Å². The molecule has 0 unspecified atom stereocenters. The van der Waals surface area contributed by atoms with Gasteiger partial charge in [0, 0.05) is 6.54 Å². The third kappa shape index (κ3) is 2.30. The molecule has 1 aliphatic heterocycles. The molecule has 0 aromatic heterocycles. The van der Waals surface area contributed by atoms with Gasteiger partial charge in [-0.2, -0.15) is 0 Å². The molecule has 0 fully saturated rings. The summed E-state index contributed by atoms with van der Waals surface area (Å²) < 4.78 is 0. The first-order valence-corrected chi connectivity index (χ1v) is 6.31. The zero-order valence-electron chi connectivity index (χ0n) is 11.4. The number of nitrogens with zero attached hydrogens (tertiary/aromatic N) is 1. The number of ketones is 1. The number of rotatable bonds is 4. The van der Waals surface area contributed by atoms with Crippen molar-refractivity contribution in [3.05, 3.63) is 28.8 Å². The molecule has 1 aromatic rings. The standard InChI is InChI=1S/C14H16N2O4/c1-8-3-4-10-12(9(8)2)16(14(20)13(10)19)7-11(18)15-5-6-17/h3-4,17H,5-7H2,1-2H3,(H,15,18). The summed E-state index contributed by atoms with van der Waals surface area (Å²) in [7, 11) is 0. The van der Waals surface area contributed by atoms with Gasteiger partial charge in [-0.3, -0.25) is 19.3 Å². The molecule has 2 amide bonds. The summed E-state index contributed by atoms with van der Waals surface area (Å²) >= 11 is 0. The van der Waals surface area contributed by atoms with Crippen LogP contribution in [-0.2, 0) is 9.59 Å². The van der Waals surface area contributed by atoms with E-state index in [9.17, 15) is 14.4 Å². The fraction of sp³-hybridized carbons (Fsp3) is 0.357. The summed E-state index contributed by atoms with van der Waals surface area (Å²) in [5, 5.41) is 11.1. The average Bonchev–Trinajstić information content (AvgIpc) is 2.66. The van der Waals surface area contributed by atoms with E-state index in [4.69, 9.17) is 5.11 Å². The number of aryl methyl sites for hydroxylation is 1. The van der Waals surface area contributed by atoms with Gasteiger partial charge in [-0.25, -0.2) is 0 Å². The van der Waals surface area contributed by atoms with Crippen molar-refractivity contribution in [3.8, 4) is 0 Å². The Balaban J connectivity index is 2.32. The second kappa shape index (κ2) is 5.42. The van der Waals surface area contributed by atoms with Crippen molar-refractivity contribution in [2.75, 3.05) is 24.6 Å². The van der Waals surface area contributed by atoms with Crippen molar-refractivity contribution in [3.63, 3.8) is 0 Å². The molecule has 0 radical (unpaired) electrons. The number of carbonyl (C=O) groups is 3. The highest BCUT2D eigenvalue weighted by molar-refractivity contribution is 6.52. The molecule has 0 saturated heterocycles. The van der Waals surface area contributed by atoms with Gasteiger partial charge in [-0.1, -0.05) is 6.07 Å². The Morgan fingerprint density at radius 2 is 2.00 bits per heavy atom. The minimum absolute atomic E-state index is 0.120. The Kier molecular flexibility index (Phi) is 3.85. The molecule has 6 heteroatoms. The minimum atomic E-state index is -0.687. The summed E-state index contributed by atoms with van der Waals surface area (Å²) in [6.07, 6.45) is 0. The Hall–Kier alpha value is -2.21. The normalized spacial score (nSPS) is 13.7. The first-order chi connectivity index (χ1) is 9.47. The first kappa shape index (κ1) is 14.2. The lowest BCUT2D eigenvalue weighted by Crippen LogP contribution is -2.41.